The minimum Gasteiger partial charge on any atom is -0.493 e. The van der Waals surface area contributed by atoms with Gasteiger partial charge in [-0.15, -0.1) is 0 Å². The van der Waals surface area contributed by atoms with E-state index in [1.54, 1.807) is 19.4 Å². The molecule has 1 saturated heterocycles. The van der Waals surface area contributed by atoms with E-state index in [4.69, 9.17) is 18.7 Å². The predicted octanol–water partition coefficient (Wildman–Crippen LogP) is 3.44. The zero-order valence-corrected chi connectivity index (χ0v) is 20.2. The summed E-state index contributed by atoms with van der Waals surface area (Å²) in [5, 5.41) is 6.86. The Bertz CT molecular complexity index is 1160. The van der Waals surface area contributed by atoms with E-state index in [9.17, 15) is 4.79 Å². The standard InChI is InChI=1S/C26H30N4O5/c1-18-22(19(2)35-29-18)17-34-23-6-4-20(14-24(23)32-3)5-7-26(31)28-16-21-8-9-27-25(15-21)30-10-12-33-13-11-30/h4-9,14-15H,10-13,16-17H2,1-3H3,(H,28,31)/b7-5+. The Morgan fingerprint density at radius 1 is 1.17 bits per heavy atom. The highest BCUT2D eigenvalue weighted by molar-refractivity contribution is 5.91. The maximum atomic E-state index is 12.4. The molecule has 1 aliphatic rings. The first-order valence-electron chi connectivity index (χ1n) is 11.5. The molecule has 0 atom stereocenters. The Balaban J connectivity index is 1.32. The average Bonchev–Trinajstić information content (AvgIpc) is 3.22. The molecule has 1 N–H and O–H groups in total. The van der Waals surface area contributed by atoms with Gasteiger partial charge in [0.15, 0.2) is 11.5 Å². The van der Waals surface area contributed by atoms with Gasteiger partial charge in [-0.05, 0) is 55.3 Å². The number of rotatable bonds is 9. The van der Waals surface area contributed by atoms with Crippen molar-refractivity contribution < 1.29 is 23.5 Å². The average molecular weight is 479 g/mol. The van der Waals surface area contributed by atoms with Crippen LogP contribution in [0, 0.1) is 13.8 Å². The fourth-order valence-corrected chi connectivity index (χ4v) is 3.72. The summed E-state index contributed by atoms with van der Waals surface area (Å²) in [6.45, 7) is 7.52. The molecule has 0 saturated carbocycles. The largest absolute Gasteiger partial charge is 0.493 e. The molecule has 0 spiro atoms. The quantitative estimate of drug-likeness (QED) is 0.467. The topological polar surface area (TPSA) is 99.0 Å². The molecule has 2 aromatic heterocycles. The summed E-state index contributed by atoms with van der Waals surface area (Å²) in [5.41, 5.74) is 3.53. The Hall–Kier alpha value is -3.85. The van der Waals surface area contributed by atoms with Crippen LogP contribution >= 0.6 is 0 Å². The maximum Gasteiger partial charge on any atom is 0.244 e. The second-order valence-corrected chi connectivity index (χ2v) is 8.17. The van der Waals surface area contributed by atoms with E-state index < -0.39 is 0 Å². The molecule has 0 radical (unpaired) electrons. The molecule has 9 heteroatoms. The highest BCUT2D eigenvalue weighted by Gasteiger charge is 2.13. The monoisotopic (exact) mass is 478 g/mol. The number of amides is 1. The molecule has 0 unspecified atom stereocenters. The molecule has 9 nitrogen and oxygen atoms in total. The normalized spacial score (nSPS) is 13.7. The van der Waals surface area contributed by atoms with Gasteiger partial charge in [-0.1, -0.05) is 11.2 Å². The van der Waals surface area contributed by atoms with Crippen LogP contribution in [0.5, 0.6) is 11.5 Å². The van der Waals surface area contributed by atoms with Gasteiger partial charge in [0.2, 0.25) is 5.91 Å². The molecule has 4 rings (SSSR count). The van der Waals surface area contributed by atoms with Crippen LogP contribution in [0.3, 0.4) is 0 Å². The van der Waals surface area contributed by atoms with Gasteiger partial charge in [0.25, 0.3) is 0 Å². The summed E-state index contributed by atoms with van der Waals surface area (Å²) in [5.74, 6) is 2.62. The number of carbonyl (C=O) groups is 1. The SMILES string of the molecule is COc1cc(/C=C/C(=O)NCc2ccnc(N3CCOCC3)c2)ccc1OCc1c(C)noc1C. The van der Waals surface area contributed by atoms with E-state index in [1.807, 2.05) is 44.2 Å². The van der Waals surface area contributed by atoms with Gasteiger partial charge in [0.1, 0.15) is 18.2 Å². The number of nitrogens with one attached hydrogen (secondary N) is 1. The van der Waals surface area contributed by atoms with Crippen molar-refractivity contribution in [2.24, 2.45) is 0 Å². The van der Waals surface area contributed by atoms with Crippen molar-refractivity contribution in [3.8, 4) is 11.5 Å². The van der Waals surface area contributed by atoms with E-state index in [-0.39, 0.29) is 5.91 Å². The van der Waals surface area contributed by atoms with Crippen LogP contribution in [-0.4, -0.2) is 49.5 Å². The van der Waals surface area contributed by atoms with Crippen LogP contribution < -0.4 is 19.7 Å². The summed E-state index contributed by atoms with van der Waals surface area (Å²) in [6.07, 6.45) is 5.01. The number of carbonyl (C=O) groups excluding carboxylic acids is 1. The predicted molar refractivity (Wildman–Crippen MR) is 131 cm³/mol. The third-order valence-corrected chi connectivity index (χ3v) is 5.78. The Morgan fingerprint density at radius 2 is 2.00 bits per heavy atom. The molecule has 1 aliphatic heterocycles. The summed E-state index contributed by atoms with van der Waals surface area (Å²) < 4.78 is 22.0. The zero-order chi connectivity index (χ0) is 24.6. The van der Waals surface area contributed by atoms with Gasteiger partial charge >= 0.3 is 0 Å². The molecule has 0 aliphatic carbocycles. The van der Waals surface area contributed by atoms with Gasteiger partial charge < -0.3 is 29.0 Å². The first-order valence-corrected chi connectivity index (χ1v) is 11.5. The van der Waals surface area contributed by atoms with Crippen LogP contribution in [0.1, 0.15) is 28.1 Å². The van der Waals surface area contributed by atoms with Crippen molar-refractivity contribution in [3.63, 3.8) is 0 Å². The molecule has 1 amide bonds. The number of aromatic nitrogens is 2. The molecule has 3 heterocycles. The Kier molecular flexibility index (Phi) is 7.99. The zero-order valence-electron chi connectivity index (χ0n) is 20.2. The van der Waals surface area contributed by atoms with Crippen molar-refractivity contribution in [3.05, 3.63) is 70.7 Å². The van der Waals surface area contributed by atoms with Crippen LogP contribution in [0.25, 0.3) is 6.08 Å². The first kappa shape index (κ1) is 24.3. The van der Waals surface area contributed by atoms with Gasteiger partial charge in [0, 0.05) is 31.9 Å². The third kappa shape index (κ3) is 6.39. The lowest BCUT2D eigenvalue weighted by Gasteiger charge is -2.28. The minimum atomic E-state index is -0.188. The lowest BCUT2D eigenvalue weighted by molar-refractivity contribution is -0.116. The number of anilines is 1. The van der Waals surface area contributed by atoms with Crippen molar-refractivity contribution >= 4 is 17.8 Å². The van der Waals surface area contributed by atoms with E-state index in [0.717, 1.165) is 47.1 Å². The lowest BCUT2D eigenvalue weighted by atomic mass is 10.1. The highest BCUT2D eigenvalue weighted by atomic mass is 16.5. The van der Waals surface area contributed by atoms with Crippen molar-refractivity contribution in [2.75, 3.05) is 38.3 Å². The van der Waals surface area contributed by atoms with Gasteiger partial charge in [0.05, 0.1) is 31.6 Å². The van der Waals surface area contributed by atoms with Crippen molar-refractivity contribution in [1.82, 2.24) is 15.5 Å². The van der Waals surface area contributed by atoms with E-state index >= 15 is 0 Å². The second-order valence-electron chi connectivity index (χ2n) is 8.17. The number of benzene rings is 1. The first-order chi connectivity index (χ1) is 17.0. The van der Waals surface area contributed by atoms with Gasteiger partial charge in [-0.25, -0.2) is 4.98 Å². The summed E-state index contributed by atoms with van der Waals surface area (Å²) >= 11 is 0. The van der Waals surface area contributed by atoms with Crippen LogP contribution in [0.4, 0.5) is 5.82 Å². The van der Waals surface area contributed by atoms with Crippen LogP contribution in [0.15, 0.2) is 47.1 Å². The minimum absolute atomic E-state index is 0.188. The van der Waals surface area contributed by atoms with Crippen LogP contribution in [-0.2, 0) is 22.7 Å². The summed E-state index contributed by atoms with van der Waals surface area (Å²) in [6, 6.07) is 9.41. The molecule has 1 aromatic carbocycles. The highest BCUT2D eigenvalue weighted by Crippen LogP contribution is 2.30. The van der Waals surface area contributed by atoms with Crippen molar-refractivity contribution in [2.45, 2.75) is 27.0 Å². The number of ether oxygens (including phenoxy) is 3. The van der Waals surface area contributed by atoms with E-state index in [2.05, 4.69) is 20.4 Å². The number of morpholine rings is 1. The molecule has 184 valence electrons. The third-order valence-electron chi connectivity index (χ3n) is 5.78. The van der Waals surface area contributed by atoms with E-state index in [1.165, 1.54) is 6.08 Å². The number of aryl methyl sites for hydroxylation is 2. The molecule has 3 aromatic rings. The Morgan fingerprint density at radius 3 is 2.74 bits per heavy atom. The fourth-order valence-electron chi connectivity index (χ4n) is 3.72. The number of nitrogens with zero attached hydrogens (tertiary/aromatic N) is 3. The Labute approximate surface area is 204 Å². The van der Waals surface area contributed by atoms with Crippen molar-refractivity contribution in [1.29, 1.82) is 0 Å². The smallest absolute Gasteiger partial charge is 0.244 e. The van der Waals surface area contributed by atoms with E-state index in [0.29, 0.717) is 37.9 Å². The lowest BCUT2D eigenvalue weighted by Crippen LogP contribution is -2.36. The fraction of sp³-hybridized carbons (Fsp3) is 0.346. The number of methoxy groups -OCH3 is 1. The van der Waals surface area contributed by atoms with Crippen LogP contribution in [0.2, 0.25) is 0 Å². The molecule has 0 bridgehead atoms. The van der Waals surface area contributed by atoms with Gasteiger partial charge in [-0.3, -0.25) is 4.79 Å². The van der Waals surface area contributed by atoms with Gasteiger partial charge in [-0.2, -0.15) is 0 Å². The summed E-state index contributed by atoms with van der Waals surface area (Å²) in [7, 11) is 1.58. The maximum absolute atomic E-state index is 12.4. The number of pyridine rings is 1. The molecular weight excluding hydrogens is 448 g/mol. The summed E-state index contributed by atoms with van der Waals surface area (Å²) in [4.78, 5) is 19.0. The molecule has 1 fully saturated rings. The number of hydrogen-bond acceptors (Lipinski definition) is 8. The molecular formula is C26H30N4O5. The second kappa shape index (κ2) is 11.5. The number of hydrogen-bond donors (Lipinski definition) is 1. The molecule has 35 heavy (non-hydrogen) atoms.